The summed E-state index contributed by atoms with van der Waals surface area (Å²) in [5.41, 5.74) is 0.172. The number of carbonyl (C=O) groups is 1. The normalized spacial score (nSPS) is 15.5. The average molecular weight is 248 g/mol. The molecule has 8 heteroatoms. The van der Waals surface area contributed by atoms with Gasteiger partial charge >= 0.3 is 6.18 Å². The number of nitrogens with one attached hydrogen (secondary N) is 2. The molecule has 0 atom stereocenters. The summed E-state index contributed by atoms with van der Waals surface area (Å²) < 4.78 is 37.5. The fourth-order valence-corrected chi connectivity index (χ4v) is 1.65. The number of carbonyl (C=O) groups excluding carboxylic acids is 1. The molecular weight excluding hydrogens is 237 g/mol. The maximum atomic E-state index is 11.9. The SMILES string of the molecule is O=C(NCC(F)(F)F)c1cnc2n1CCNC2. The van der Waals surface area contributed by atoms with E-state index < -0.39 is 18.6 Å². The third-order valence-electron chi connectivity index (χ3n) is 2.42. The quantitative estimate of drug-likeness (QED) is 0.790. The minimum absolute atomic E-state index is 0.172. The molecule has 5 nitrogen and oxygen atoms in total. The highest BCUT2D eigenvalue weighted by Gasteiger charge is 2.29. The Morgan fingerprint density at radius 2 is 2.35 bits per heavy atom. The van der Waals surface area contributed by atoms with E-state index >= 15 is 0 Å². The summed E-state index contributed by atoms with van der Waals surface area (Å²) in [5.74, 6) is -0.0867. The lowest BCUT2D eigenvalue weighted by Gasteiger charge is -2.17. The number of aromatic nitrogens is 2. The molecule has 2 N–H and O–H groups in total. The van der Waals surface area contributed by atoms with Crippen molar-refractivity contribution in [2.75, 3.05) is 13.1 Å². The number of halogens is 3. The highest BCUT2D eigenvalue weighted by Crippen LogP contribution is 2.13. The van der Waals surface area contributed by atoms with Crippen LogP contribution in [0.3, 0.4) is 0 Å². The number of hydrogen-bond donors (Lipinski definition) is 2. The van der Waals surface area contributed by atoms with Crippen molar-refractivity contribution in [2.45, 2.75) is 19.3 Å². The van der Waals surface area contributed by atoms with Gasteiger partial charge in [-0.3, -0.25) is 4.79 Å². The van der Waals surface area contributed by atoms with Crippen LogP contribution in [0.25, 0.3) is 0 Å². The number of fused-ring (bicyclic) bond motifs is 1. The van der Waals surface area contributed by atoms with Crippen LogP contribution in [0.1, 0.15) is 16.3 Å². The first-order valence-electron chi connectivity index (χ1n) is 5.07. The third kappa shape index (κ3) is 2.76. The second-order valence-corrected chi connectivity index (χ2v) is 3.69. The average Bonchev–Trinajstić information content (AvgIpc) is 2.68. The summed E-state index contributed by atoms with van der Waals surface area (Å²) in [7, 11) is 0. The highest BCUT2D eigenvalue weighted by atomic mass is 19.4. The zero-order valence-electron chi connectivity index (χ0n) is 8.84. The molecule has 1 aromatic heterocycles. The molecule has 0 aromatic carbocycles. The molecule has 0 bridgehead atoms. The van der Waals surface area contributed by atoms with Crippen LogP contribution in [0.4, 0.5) is 13.2 Å². The zero-order valence-corrected chi connectivity index (χ0v) is 8.84. The van der Waals surface area contributed by atoms with E-state index in [-0.39, 0.29) is 5.69 Å². The maximum Gasteiger partial charge on any atom is 0.405 e. The number of nitrogens with zero attached hydrogens (tertiary/aromatic N) is 2. The van der Waals surface area contributed by atoms with Crippen LogP contribution in [0.2, 0.25) is 0 Å². The van der Waals surface area contributed by atoms with E-state index in [0.717, 1.165) is 0 Å². The van der Waals surface area contributed by atoms with Crippen molar-refractivity contribution < 1.29 is 18.0 Å². The smallest absolute Gasteiger partial charge is 0.342 e. The van der Waals surface area contributed by atoms with Gasteiger partial charge in [0.25, 0.3) is 5.91 Å². The molecule has 17 heavy (non-hydrogen) atoms. The second kappa shape index (κ2) is 4.36. The lowest BCUT2D eigenvalue weighted by Crippen LogP contribution is -2.36. The summed E-state index contributed by atoms with van der Waals surface area (Å²) in [6.45, 7) is 0.393. The highest BCUT2D eigenvalue weighted by molar-refractivity contribution is 5.92. The van der Waals surface area contributed by atoms with Gasteiger partial charge in [0.05, 0.1) is 12.7 Å². The molecule has 2 rings (SSSR count). The number of hydrogen-bond acceptors (Lipinski definition) is 3. The van der Waals surface area contributed by atoms with Gasteiger partial charge in [0.2, 0.25) is 0 Å². The van der Waals surface area contributed by atoms with Crippen LogP contribution >= 0.6 is 0 Å². The third-order valence-corrected chi connectivity index (χ3v) is 2.42. The van der Waals surface area contributed by atoms with E-state index in [1.54, 1.807) is 4.57 Å². The van der Waals surface area contributed by atoms with Gasteiger partial charge in [-0.1, -0.05) is 0 Å². The minimum Gasteiger partial charge on any atom is -0.342 e. The van der Waals surface area contributed by atoms with Crippen LogP contribution in [0.15, 0.2) is 6.20 Å². The van der Waals surface area contributed by atoms with E-state index in [1.165, 1.54) is 6.20 Å². The Morgan fingerprint density at radius 1 is 1.59 bits per heavy atom. The molecule has 0 fully saturated rings. The van der Waals surface area contributed by atoms with Crippen molar-refractivity contribution in [2.24, 2.45) is 0 Å². The fraction of sp³-hybridized carbons (Fsp3) is 0.556. The van der Waals surface area contributed by atoms with Gasteiger partial charge in [0, 0.05) is 13.1 Å². The number of alkyl halides is 3. The Balaban J connectivity index is 2.07. The number of amides is 1. The molecule has 0 radical (unpaired) electrons. The van der Waals surface area contributed by atoms with Crippen LogP contribution in [0, 0.1) is 0 Å². The molecular formula is C9H11F3N4O. The van der Waals surface area contributed by atoms with Crippen LogP contribution in [0.5, 0.6) is 0 Å². The van der Waals surface area contributed by atoms with E-state index in [4.69, 9.17) is 0 Å². The molecule has 94 valence electrons. The van der Waals surface area contributed by atoms with Crippen molar-refractivity contribution >= 4 is 5.91 Å². The maximum absolute atomic E-state index is 11.9. The Kier molecular flexibility index (Phi) is 3.05. The van der Waals surface area contributed by atoms with Crippen LogP contribution < -0.4 is 10.6 Å². The lowest BCUT2D eigenvalue weighted by atomic mass is 10.3. The predicted molar refractivity (Wildman–Crippen MR) is 52.3 cm³/mol. The van der Waals surface area contributed by atoms with Crippen molar-refractivity contribution in [3.05, 3.63) is 17.7 Å². The van der Waals surface area contributed by atoms with Gasteiger partial charge in [-0.2, -0.15) is 13.2 Å². The molecule has 0 saturated carbocycles. The lowest BCUT2D eigenvalue weighted by molar-refractivity contribution is -0.123. The van der Waals surface area contributed by atoms with Gasteiger partial charge in [-0.05, 0) is 0 Å². The number of imidazole rings is 1. The zero-order chi connectivity index (χ0) is 12.5. The van der Waals surface area contributed by atoms with Gasteiger partial charge in [-0.15, -0.1) is 0 Å². The molecule has 0 unspecified atom stereocenters. The predicted octanol–water partition coefficient (Wildman–Crippen LogP) is 0.278. The molecule has 1 aliphatic rings. The first-order valence-corrected chi connectivity index (χ1v) is 5.07. The molecule has 0 aliphatic carbocycles. The molecule has 1 aromatic rings. The second-order valence-electron chi connectivity index (χ2n) is 3.69. The van der Waals surface area contributed by atoms with Crippen molar-refractivity contribution in [1.82, 2.24) is 20.2 Å². The standard InChI is InChI=1S/C9H11F3N4O/c10-9(11,12)5-15-8(17)6-3-14-7-4-13-1-2-16(6)7/h3,13H,1-2,4-5H2,(H,15,17). The summed E-state index contributed by atoms with van der Waals surface area (Å²) >= 11 is 0. The van der Waals surface area contributed by atoms with Crippen molar-refractivity contribution in [3.63, 3.8) is 0 Å². The van der Waals surface area contributed by atoms with Crippen LogP contribution in [-0.2, 0) is 13.1 Å². The molecule has 0 spiro atoms. The fourth-order valence-electron chi connectivity index (χ4n) is 1.65. The molecule has 2 heterocycles. The molecule has 0 saturated heterocycles. The monoisotopic (exact) mass is 248 g/mol. The summed E-state index contributed by atoms with van der Waals surface area (Å²) in [5, 5.41) is 4.88. The Labute approximate surface area is 95.0 Å². The molecule has 1 amide bonds. The van der Waals surface area contributed by atoms with Crippen LogP contribution in [-0.4, -0.2) is 34.7 Å². The van der Waals surface area contributed by atoms with Crippen molar-refractivity contribution in [1.29, 1.82) is 0 Å². The number of rotatable bonds is 2. The van der Waals surface area contributed by atoms with E-state index in [2.05, 4.69) is 10.3 Å². The molecule has 1 aliphatic heterocycles. The summed E-state index contributed by atoms with van der Waals surface area (Å²) in [6, 6.07) is 0. The van der Waals surface area contributed by atoms with E-state index in [0.29, 0.717) is 25.5 Å². The largest absolute Gasteiger partial charge is 0.405 e. The van der Waals surface area contributed by atoms with Crippen molar-refractivity contribution in [3.8, 4) is 0 Å². The van der Waals surface area contributed by atoms with Gasteiger partial charge in [-0.25, -0.2) is 4.98 Å². The Hall–Kier alpha value is -1.57. The first-order chi connectivity index (χ1) is 7.97. The minimum atomic E-state index is -4.40. The summed E-state index contributed by atoms with van der Waals surface area (Å²) in [4.78, 5) is 15.5. The van der Waals surface area contributed by atoms with Gasteiger partial charge < -0.3 is 15.2 Å². The van der Waals surface area contributed by atoms with Gasteiger partial charge in [0.1, 0.15) is 18.1 Å². The topological polar surface area (TPSA) is 59.0 Å². The van der Waals surface area contributed by atoms with E-state index in [9.17, 15) is 18.0 Å². The summed E-state index contributed by atoms with van der Waals surface area (Å²) in [6.07, 6.45) is -3.10. The van der Waals surface area contributed by atoms with E-state index in [1.807, 2.05) is 5.32 Å². The van der Waals surface area contributed by atoms with Gasteiger partial charge in [0.15, 0.2) is 0 Å². The first kappa shape index (κ1) is 11.9. The Morgan fingerprint density at radius 3 is 3.06 bits per heavy atom. The Bertz CT molecular complexity index is 426.